The number of ether oxygens (including phenoxy) is 4. The Morgan fingerprint density at radius 1 is 1.00 bits per heavy atom. The van der Waals surface area contributed by atoms with Crippen molar-refractivity contribution in [2.45, 2.75) is 43.7 Å². The summed E-state index contributed by atoms with van der Waals surface area (Å²) in [7, 11) is -0.984. The first-order chi connectivity index (χ1) is 20.7. The summed E-state index contributed by atoms with van der Waals surface area (Å²) in [6.07, 6.45) is 1.67. The maximum Gasteiger partial charge on any atom is 0.243 e. The van der Waals surface area contributed by atoms with Crippen LogP contribution in [-0.4, -0.2) is 56.0 Å². The summed E-state index contributed by atoms with van der Waals surface area (Å²) in [6, 6.07) is 16.1. The molecule has 9 nitrogen and oxygen atoms in total. The van der Waals surface area contributed by atoms with Crippen molar-refractivity contribution in [3.63, 3.8) is 0 Å². The van der Waals surface area contributed by atoms with Gasteiger partial charge in [-0.15, -0.1) is 0 Å². The molecule has 1 aliphatic rings. The Morgan fingerprint density at radius 2 is 1.67 bits per heavy atom. The van der Waals surface area contributed by atoms with Gasteiger partial charge in [-0.25, -0.2) is 21.9 Å². The van der Waals surface area contributed by atoms with Crippen molar-refractivity contribution in [1.82, 2.24) is 14.1 Å². The van der Waals surface area contributed by atoms with E-state index < -0.39 is 21.7 Å². The molecule has 1 aliphatic heterocycles. The van der Waals surface area contributed by atoms with Crippen LogP contribution >= 0.6 is 0 Å². The van der Waals surface area contributed by atoms with Crippen LogP contribution in [0, 0.1) is 11.6 Å². The Hall–Kier alpha value is -4.00. The van der Waals surface area contributed by atoms with Crippen LogP contribution in [0.5, 0.6) is 23.1 Å². The second-order valence-electron chi connectivity index (χ2n) is 9.98. The second kappa shape index (κ2) is 13.1. The Kier molecular flexibility index (Phi) is 9.28. The highest BCUT2D eigenvalue weighted by Crippen LogP contribution is 2.35. The highest BCUT2D eigenvalue weighted by Gasteiger charge is 2.33. The van der Waals surface area contributed by atoms with Crippen molar-refractivity contribution in [2.75, 3.05) is 27.4 Å². The van der Waals surface area contributed by atoms with Crippen molar-refractivity contribution < 1.29 is 36.1 Å². The molecule has 0 spiro atoms. The Morgan fingerprint density at radius 3 is 2.26 bits per heavy atom. The fraction of sp³-hybridized carbons (Fsp3) is 0.323. The van der Waals surface area contributed by atoms with Gasteiger partial charge in [0.1, 0.15) is 17.3 Å². The molecule has 4 aromatic rings. The zero-order chi connectivity index (χ0) is 30.6. The summed E-state index contributed by atoms with van der Waals surface area (Å²) >= 11 is 0. The average Bonchev–Trinajstić information content (AvgIpc) is 3.66. The van der Waals surface area contributed by atoms with E-state index in [2.05, 4.69) is 0 Å². The normalized spacial score (nSPS) is 15.2. The molecule has 228 valence electrons. The van der Waals surface area contributed by atoms with Crippen molar-refractivity contribution in [1.29, 1.82) is 0 Å². The number of halogens is 2. The molecule has 0 aliphatic carbocycles. The van der Waals surface area contributed by atoms with Gasteiger partial charge in [0, 0.05) is 25.8 Å². The maximum atomic E-state index is 14.9. The van der Waals surface area contributed by atoms with E-state index in [1.165, 1.54) is 34.3 Å². The fourth-order valence-corrected chi connectivity index (χ4v) is 6.36. The summed E-state index contributed by atoms with van der Waals surface area (Å²) < 4.78 is 82.0. The van der Waals surface area contributed by atoms with Crippen LogP contribution in [0.1, 0.15) is 31.0 Å². The molecular weight excluding hydrogens is 580 g/mol. The van der Waals surface area contributed by atoms with Crippen LogP contribution in [0.25, 0.3) is 5.69 Å². The van der Waals surface area contributed by atoms with Crippen LogP contribution in [0.4, 0.5) is 8.78 Å². The lowest BCUT2D eigenvalue weighted by molar-refractivity contribution is 0.0924. The molecule has 3 aromatic carbocycles. The number of sulfonamides is 1. The first-order valence-corrected chi connectivity index (χ1v) is 15.3. The molecule has 12 heteroatoms. The Bertz CT molecular complexity index is 1650. The van der Waals surface area contributed by atoms with Crippen LogP contribution in [0.3, 0.4) is 0 Å². The maximum absolute atomic E-state index is 14.9. The molecule has 0 N–H and O–H groups in total. The minimum absolute atomic E-state index is 0.0824. The summed E-state index contributed by atoms with van der Waals surface area (Å²) in [5.41, 5.74) is 1.57. The van der Waals surface area contributed by atoms with Gasteiger partial charge in [0.2, 0.25) is 15.9 Å². The van der Waals surface area contributed by atoms with Gasteiger partial charge >= 0.3 is 0 Å². The molecule has 0 bridgehead atoms. The largest absolute Gasteiger partial charge is 0.497 e. The molecule has 1 atom stereocenters. The highest BCUT2D eigenvalue weighted by molar-refractivity contribution is 7.89. The Labute approximate surface area is 249 Å². The molecule has 0 unspecified atom stereocenters. The van der Waals surface area contributed by atoms with E-state index >= 15 is 0 Å². The van der Waals surface area contributed by atoms with Crippen LogP contribution in [-0.2, 0) is 27.7 Å². The van der Waals surface area contributed by atoms with E-state index in [1.54, 1.807) is 43.5 Å². The predicted molar refractivity (Wildman–Crippen MR) is 155 cm³/mol. The lowest BCUT2D eigenvalue weighted by atomic mass is 10.2. The third-order valence-corrected chi connectivity index (χ3v) is 9.06. The van der Waals surface area contributed by atoms with Gasteiger partial charge in [-0.2, -0.15) is 9.40 Å². The zero-order valence-electron chi connectivity index (χ0n) is 24.1. The van der Waals surface area contributed by atoms with Crippen LogP contribution in [0.2, 0.25) is 0 Å². The van der Waals surface area contributed by atoms with Crippen LogP contribution in [0.15, 0.2) is 71.6 Å². The van der Waals surface area contributed by atoms with E-state index in [1.807, 2.05) is 6.92 Å². The topological polar surface area (TPSA) is 92.1 Å². The molecule has 0 radical (unpaired) electrons. The molecule has 1 aromatic heterocycles. The SMILES string of the molecule is CCc1nn(-c2ccc(OC)cc2)c(Oc2ccc(F)cc2F)c1CN(C[C@@H]1CCCO1)S(=O)(=O)c1ccc(OC)cc1. The first kappa shape index (κ1) is 30.5. The van der Waals surface area contributed by atoms with Gasteiger partial charge in [-0.3, -0.25) is 0 Å². The van der Waals surface area contributed by atoms with Gasteiger partial charge in [0.25, 0.3) is 0 Å². The van der Waals surface area contributed by atoms with Gasteiger partial charge in [0.15, 0.2) is 11.6 Å². The molecule has 5 rings (SSSR count). The average molecular weight is 614 g/mol. The van der Waals surface area contributed by atoms with Crippen molar-refractivity contribution >= 4 is 10.0 Å². The minimum atomic E-state index is -4.04. The minimum Gasteiger partial charge on any atom is -0.497 e. The van der Waals surface area contributed by atoms with E-state index in [0.717, 1.165) is 18.6 Å². The lowest BCUT2D eigenvalue weighted by Gasteiger charge is -2.25. The number of nitrogens with zero attached hydrogens (tertiary/aromatic N) is 3. The van der Waals surface area contributed by atoms with Crippen molar-refractivity contribution in [2.24, 2.45) is 0 Å². The number of aromatic nitrogens is 2. The fourth-order valence-electron chi connectivity index (χ4n) is 4.92. The number of benzene rings is 3. The number of hydrogen-bond donors (Lipinski definition) is 0. The molecule has 43 heavy (non-hydrogen) atoms. The molecular formula is C31H33F2N3O6S. The van der Waals surface area contributed by atoms with Gasteiger partial charge in [0.05, 0.1) is 42.2 Å². The highest BCUT2D eigenvalue weighted by atomic mass is 32.2. The van der Waals surface area contributed by atoms with Gasteiger partial charge < -0.3 is 18.9 Å². The third-order valence-electron chi connectivity index (χ3n) is 7.23. The van der Waals surface area contributed by atoms with E-state index in [0.29, 0.717) is 47.9 Å². The summed E-state index contributed by atoms with van der Waals surface area (Å²) in [6.45, 7) is 2.39. The first-order valence-electron chi connectivity index (χ1n) is 13.9. The molecule has 0 saturated carbocycles. The quantitative estimate of drug-likeness (QED) is 0.197. The molecule has 2 heterocycles. The zero-order valence-corrected chi connectivity index (χ0v) is 24.9. The van der Waals surface area contributed by atoms with E-state index in [-0.39, 0.29) is 35.7 Å². The summed E-state index contributed by atoms with van der Waals surface area (Å²) in [4.78, 5) is 0.0824. The number of rotatable bonds is 12. The van der Waals surface area contributed by atoms with E-state index in [4.69, 9.17) is 24.0 Å². The second-order valence-corrected chi connectivity index (χ2v) is 11.9. The van der Waals surface area contributed by atoms with Gasteiger partial charge in [-0.05, 0) is 79.9 Å². The molecule has 1 fully saturated rings. The number of methoxy groups -OCH3 is 2. The third kappa shape index (κ3) is 6.66. The Balaban J connectivity index is 1.63. The number of hydrogen-bond acceptors (Lipinski definition) is 7. The standard InChI is InChI=1S/C31H33F2N3O6S/c1-4-29-27(20-35(19-25-6-5-17-41-25)43(37,38)26-14-12-24(40-3)13-15-26)31(42-30-16-7-21(32)18-28(30)33)36(34-29)22-8-10-23(39-2)11-9-22/h7-16,18,25H,4-6,17,19-20H2,1-3H3/t25-/m0/s1. The summed E-state index contributed by atoms with van der Waals surface area (Å²) in [5.74, 6) is -0.647. The van der Waals surface area contributed by atoms with Gasteiger partial charge in [-0.1, -0.05) is 6.92 Å². The van der Waals surface area contributed by atoms with Crippen molar-refractivity contribution in [3.05, 3.63) is 89.6 Å². The molecule has 1 saturated heterocycles. The monoisotopic (exact) mass is 613 g/mol. The summed E-state index contributed by atoms with van der Waals surface area (Å²) in [5, 5.41) is 4.75. The predicted octanol–water partition coefficient (Wildman–Crippen LogP) is 5.89. The smallest absolute Gasteiger partial charge is 0.243 e. The molecule has 0 amide bonds. The van der Waals surface area contributed by atoms with Crippen LogP contribution < -0.4 is 14.2 Å². The lowest BCUT2D eigenvalue weighted by Crippen LogP contribution is -2.37. The van der Waals surface area contributed by atoms with Crippen molar-refractivity contribution in [3.8, 4) is 28.8 Å². The number of aryl methyl sites for hydroxylation is 1. The van der Waals surface area contributed by atoms with E-state index in [9.17, 15) is 17.2 Å².